The topological polar surface area (TPSA) is 64.3 Å². The first-order chi connectivity index (χ1) is 7.76. The van der Waals surface area contributed by atoms with Gasteiger partial charge in [-0.3, -0.25) is 4.79 Å². The van der Waals surface area contributed by atoms with Crippen molar-refractivity contribution >= 4 is 5.91 Å². The number of amides is 1. The van der Waals surface area contributed by atoms with E-state index < -0.39 is 0 Å². The quantitative estimate of drug-likeness (QED) is 0.556. The van der Waals surface area contributed by atoms with Gasteiger partial charge >= 0.3 is 0 Å². The number of hydrogen-bond acceptors (Lipinski definition) is 3. The fourth-order valence-corrected chi connectivity index (χ4v) is 1.34. The molecule has 0 saturated heterocycles. The number of nitrogens with one attached hydrogen (secondary N) is 1. The van der Waals surface area contributed by atoms with E-state index in [1.54, 1.807) is 0 Å². The minimum atomic E-state index is -0.0407. The number of ether oxygens (including phenoxy) is 1. The van der Waals surface area contributed by atoms with Gasteiger partial charge in [-0.15, -0.1) is 0 Å². The molecule has 0 aliphatic carbocycles. The summed E-state index contributed by atoms with van der Waals surface area (Å²) in [6, 6.07) is 0. The number of carbonyl (C=O) groups excluding carboxylic acids is 1. The van der Waals surface area contributed by atoms with Crippen molar-refractivity contribution in [2.75, 3.05) is 26.3 Å². The maximum Gasteiger partial charge on any atom is 0.224 e. The fraction of sp³-hybridized carbons (Fsp3) is 0.917. The van der Waals surface area contributed by atoms with E-state index in [1.807, 2.05) is 6.92 Å². The molecule has 0 spiro atoms. The Morgan fingerprint density at radius 2 is 2.00 bits per heavy atom. The Balaban J connectivity index is 3.33. The maximum atomic E-state index is 11.5. The van der Waals surface area contributed by atoms with Crippen LogP contribution in [0.25, 0.3) is 0 Å². The summed E-state index contributed by atoms with van der Waals surface area (Å²) in [5.41, 5.74) is 5.48. The van der Waals surface area contributed by atoms with E-state index in [0.717, 1.165) is 38.9 Å². The van der Waals surface area contributed by atoms with Crippen LogP contribution in [0.2, 0.25) is 0 Å². The molecule has 1 amide bonds. The lowest BCUT2D eigenvalue weighted by Gasteiger charge is -2.12. The molecule has 3 N–H and O–H groups in total. The zero-order valence-electron chi connectivity index (χ0n) is 10.6. The minimum absolute atomic E-state index is 0.0407. The highest BCUT2D eigenvalue weighted by molar-refractivity contribution is 5.78. The molecule has 0 aromatic heterocycles. The maximum absolute atomic E-state index is 11.5. The second-order valence-corrected chi connectivity index (χ2v) is 3.95. The summed E-state index contributed by atoms with van der Waals surface area (Å²) in [6.07, 6.45) is 3.94. The first-order valence-electron chi connectivity index (χ1n) is 6.31. The Hall–Kier alpha value is -0.610. The largest absolute Gasteiger partial charge is 0.381 e. The molecule has 0 aliphatic heterocycles. The average molecular weight is 230 g/mol. The van der Waals surface area contributed by atoms with Crippen LogP contribution in [0, 0.1) is 5.92 Å². The summed E-state index contributed by atoms with van der Waals surface area (Å²) in [7, 11) is 0. The summed E-state index contributed by atoms with van der Waals surface area (Å²) in [4.78, 5) is 11.5. The normalized spacial score (nSPS) is 12.4. The van der Waals surface area contributed by atoms with Gasteiger partial charge in [0.1, 0.15) is 0 Å². The molecule has 1 atom stereocenters. The van der Waals surface area contributed by atoms with Gasteiger partial charge in [-0.2, -0.15) is 0 Å². The van der Waals surface area contributed by atoms with E-state index in [-0.39, 0.29) is 11.8 Å². The molecule has 0 aromatic carbocycles. The van der Waals surface area contributed by atoms with Crippen molar-refractivity contribution in [2.24, 2.45) is 11.7 Å². The zero-order chi connectivity index (χ0) is 12.2. The Kier molecular flexibility index (Phi) is 10.5. The molecule has 4 nitrogen and oxygen atoms in total. The number of unbranched alkanes of at least 4 members (excludes halogenated alkanes) is 1. The molecule has 0 heterocycles. The van der Waals surface area contributed by atoms with Gasteiger partial charge in [-0.25, -0.2) is 0 Å². The molecule has 0 radical (unpaired) electrons. The van der Waals surface area contributed by atoms with Crippen molar-refractivity contribution in [3.63, 3.8) is 0 Å². The molecule has 0 bridgehead atoms. The molecule has 16 heavy (non-hydrogen) atoms. The molecule has 0 aromatic rings. The Labute approximate surface area is 98.9 Å². The van der Waals surface area contributed by atoms with Crippen LogP contribution in [0.4, 0.5) is 0 Å². The lowest BCUT2D eigenvalue weighted by molar-refractivity contribution is -0.124. The summed E-state index contributed by atoms with van der Waals surface area (Å²) in [6.45, 7) is 6.77. The second kappa shape index (κ2) is 10.9. The van der Waals surface area contributed by atoms with E-state index in [1.165, 1.54) is 0 Å². The first kappa shape index (κ1) is 15.4. The van der Waals surface area contributed by atoms with Crippen molar-refractivity contribution in [2.45, 2.75) is 39.5 Å². The van der Waals surface area contributed by atoms with Crippen LogP contribution in [0.15, 0.2) is 0 Å². The Bertz CT molecular complexity index is 170. The minimum Gasteiger partial charge on any atom is -0.381 e. The van der Waals surface area contributed by atoms with Crippen molar-refractivity contribution < 1.29 is 9.53 Å². The molecule has 4 heteroatoms. The summed E-state index contributed by atoms with van der Waals surface area (Å²) >= 11 is 0. The van der Waals surface area contributed by atoms with E-state index in [9.17, 15) is 4.79 Å². The predicted octanol–water partition coefficient (Wildman–Crippen LogP) is 1.29. The van der Waals surface area contributed by atoms with Crippen molar-refractivity contribution in [1.29, 1.82) is 0 Å². The van der Waals surface area contributed by atoms with Gasteiger partial charge in [-0.1, -0.05) is 20.3 Å². The van der Waals surface area contributed by atoms with Gasteiger partial charge in [0, 0.05) is 32.2 Å². The van der Waals surface area contributed by atoms with Crippen LogP contribution in [-0.4, -0.2) is 32.2 Å². The van der Waals surface area contributed by atoms with E-state index in [4.69, 9.17) is 10.5 Å². The highest BCUT2D eigenvalue weighted by Crippen LogP contribution is 1.99. The van der Waals surface area contributed by atoms with E-state index in [0.29, 0.717) is 13.1 Å². The second-order valence-electron chi connectivity index (χ2n) is 3.95. The summed E-state index contributed by atoms with van der Waals surface area (Å²) in [5.74, 6) is 0.0274. The van der Waals surface area contributed by atoms with E-state index in [2.05, 4.69) is 12.2 Å². The number of hydrogen-bond donors (Lipinski definition) is 2. The third-order valence-electron chi connectivity index (χ3n) is 2.56. The van der Waals surface area contributed by atoms with Gasteiger partial charge in [0.2, 0.25) is 5.91 Å². The third kappa shape index (κ3) is 7.65. The van der Waals surface area contributed by atoms with Gasteiger partial charge in [-0.05, 0) is 19.3 Å². The van der Waals surface area contributed by atoms with Crippen LogP contribution in [-0.2, 0) is 9.53 Å². The Morgan fingerprint density at radius 3 is 2.56 bits per heavy atom. The molecule has 0 aliphatic rings. The molecule has 0 rings (SSSR count). The lowest BCUT2D eigenvalue weighted by atomic mass is 10.1. The van der Waals surface area contributed by atoms with Gasteiger partial charge in [0.05, 0.1) is 0 Å². The van der Waals surface area contributed by atoms with Gasteiger partial charge < -0.3 is 15.8 Å². The summed E-state index contributed by atoms with van der Waals surface area (Å²) < 4.78 is 5.39. The lowest BCUT2D eigenvalue weighted by Crippen LogP contribution is -2.35. The summed E-state index contributed by atoms with van der Waals surface area (Å²) in [5, 5.41) is 2.88. The van der Waals surface area contributed by atoms with Crippen LogP contribution in [0.1, 0.15) is 39.5 Å². The van der Waals surface area contributed by atoms with Crippen molar-refractivity contribution in [3.8, 4) is 0 Å². The number of rotatable bonds is 10. The van der Waals surface area contributed by atoms with E-state index >= 15 is 0 Å². The molecule has 0 fully saturated rings. The standard InChI is InChI=1S/C12H26N2O2/c1-3-5-8-16-9-6-7-14-12(15)11(4-2)10-13/h11H,3-10,13H2,1-2H3,(H,14,15). The third-order valence-corrected chi connectivity index (χ3v) is 2.56. The molecule has 96 valence electrons. The SMILES string of the molecule is CCCCOCCCNC(=O)C(CC)CN. The van der Waals surface area contributed by atoms with Gasteiger partial charge in [0.25, 0.3) is 0 Å². The Morgan fingerprint density at radius 1 is 1.31 bits per heavy atom. The molecule has 0 saturated carbocycles. The smallest absolute Gasteiger partial charge is 0.224 e. The monoisotopic (exact) mass is 230 g/mol. The van der Waals surface area contributed by atoms with Crippen molar-refractivity contribution in [3.05, 3.63) is 0 Å². The van der Waals surface area contributed by atoms with Crippen LogP contribution >= 0.6 is 0 Å². The van der Waals surface area contributed by atoms with Gasteiger partial charge in [0.15, 0.2) is 0 Å². The fourth-order valence-electron chi connectivity index (χ4n) is 1.34. The number of carbonyl (C=O) groups is 1. The van der Waals surface area contributed by atoms with Crippen molar-refractivity contribution in [1.82, 2.24) is 5.32 Å². The highest BCUT2D eigenvalue weighted by atomic mass is 16.5. The zero-order valence-corrected chi connectivity index (χ0v) is 10.6. The van der Waals surface area contributed by atoms with Crippen LogP contribution in [0.5, 0.6) is 0 Å². The van der Waals surface area contributed by atoms with Crippen LogP contribution < -0.4 is 11.1 Å². The average Bonchev–Trinajstić information content (AvgIpc) is 2.29. The number of nitrogens with two attached hydrogens (primary N) is 1. The van der Waals surface area contributed by atoms with Crippen LogP contribution in [0.3, 0.4) is 0 Å². The predicted molar refractivity (Wildman–Crippen MR) is 66.2 cm³/mol. The molecular weight excluding hydrogens is 204 g/mol. The molecule has 1 unspecified atom stereocenters. The molecular formula is C12H26N2O2. The first-order valence-corrected chi connectivity index (χ1v) is 6.31. The highest BCUT2D eigenvalue weighted by Gasteiger charge is 2.12.